The van der Waals surface area contributed by atoms with E-state index in [1.54, 1.807) is 4.90 Å². The van der Waals surface area contributed by atoms with E-state index >= 15 is 0 Å². The average Bonchev–Trinajstić information content (AvgIpc) is 2.76. The zero-order valence-corrected chi connectivity index (χ0v) is 10.5. The van der Waals surface area contributed by atoms with E-state index in [2.05, 4.69) is 15.6 Å². The molecule has 0 unspecified atom stereocenters. The summed E-state index contributed by atoms with van der Waals surface area (Å²) in [4.78, 5) is 5.99. The van der Waals surface area contributed by atoms with Crippen LogP contribution in [0.1, 0.15) is 6.42 Å². The first-order chi connectivity index (χ1) is 9.04. The van der Waals surface area contributed by atoms with E-state index < -0.39 is 12.1 Å². The molecule has 7 heteroatoms. The number of nitrogens with one attached hydrogen (secondary N) is 2. The Morgan fingerprint density at radius 2 is 2.11 bits per heavy atom. The molecule has 3 aliphatic heterocycles. The van der Waals surface area contributed by atoms with Gasteiger partial charge in [-0.2, -0.15) is 13.2 Å². The molecule has 4 nitrogen and oxygen atoms in total. The van der Waals surface area contributed by atoms with Gasteiger partial charge in [-0.1, -0.05) is 0 Å². The minimum atomic E-state index is -4.09. The number of hydrogen-bond acceptors (Lipinski definition) is 4. The summed E-state index contributed by atoms with van der Waals surface area (Å²) in [6.07, 6.45) is -2.12. The van der Waals surface area contributed by atoms with Crippen molar-refractivity contribution in [1.82, 2.24) is 15.5 Å². The standard InChI is InChI=1S/C12H17F3N4/c13-12(14,15)10-1-2-19(7-10)11-17-5-9(6-18-11)8-3-16-4-8/h5,8,10,16H,1-4,6-7H2,(H,17,18)/t10-/m1/s1. The summed E-state index contributed by atoms with van der Waals surface area (Å²) in [6.45, 7) is 3.07. The van der Waals surface area contributed by atoms with Gasteiger partial charge in [-0.05, 0) is 12.0 Å². The fraction of sp³-hybridized carbons (Fsp3) is 0.750. The number of aliphatic imine (C=N–C) groups is 1. The van der Waals surface area contributed by atoms with Gasteiger partial charge in [0.25, 0.3) is 0 Å². The molecular weight excluding hydrogens is 257 g/mol. The summed E-state index contributed by atoms with van der Waals surface area (Å²) in [5.41, 5.74) is 1.23. The molecule has 3 rings (SSSR count). The first kappa shape index (κ1) is 12.8. The highest BCUT2D eigenvalue weighted by Crippen LogP contribution is 2.33. The van der Waals surface area contributed by atoms with E-state index in [0.29, 0.717) is 25.0 Å². The Morgan fingerprint density at radius 1 is 1.32 bits per heavy atom. The zero-order chi connectivity index (χ0) is 13.5. The Kier molecular flexibility index (Phi) is 3.16. The van der Waals surface area contributed by atoms with Crippen molar-refractivity contribution in [3.8, 4) is 0 Å². The number of guanidine groups is 1. The lowest BCUT2D eigenvalue weighted by molar-refractivity contribution is -0.169. The molecule has 0 saturated carbocycles. The van der Waals surface area contributed by atoms with Crippen LogP contribution in [0.3, 0.4) is 0 Å². The Labute approximate surface area is 109 Å². The van der Waals surface area contributed by atoms with Crippen molar-refractivity contribution < 1.29 is 13.2 Å². The summed E-state index contributed by atoms with van der Waals surface area (Å²) in [7, 11) is 0. The van der Waals surface area contributed by atoms with Gasteiger partial charge in [0, 0.05) is 44.8 Å². The molecule has 0 bridgehead atoms. The first-order valence-electron chi connectivity index (χ1n) is 6.57. The Morgan fingerprint density at radius 3 is 2.58 bits per heavy atom. The second-order valence-electron chi connectivity index (χ2n) is 5.34. The van der Waals surface area contributed by atoms with Crippen molar-refractivity contribution in [2.24, 2.45) is 16.8 Å². The van der Waals surface area contributed by atoms with Crippen LogP contribution in [-0.4, -0.2) is 49.8 Å². The van der Waals surface area contributed by atoms with Gasteiger partial charge in [0.2, 0.25) is 0 Å². The molecule has 0 aliphatic carbocycles. The van der Waals surface area contributed by atoms with E-state index in [1.807, 2.05) is 6.20 Å². The van der Waals surface area contributed by atoms with Gasteiger partial charge in [0.1, 0.15) is 0 Å². The normalized spacial score (nSPS) is 28.6. The van der Waals surface area contributed by atoms with E-state index in [-0.39, 0.29) is 13.0 Å². The summed E-state index contributed by atoms with van der Waals surface area (Å²) in [5.74, 6) is -0.111. The number of alkyl halides is 3. The van der Waals surface area contributed by atoms with Crippen molar-refractivity contribution >= 4 is 5.96 Å². The maximum atomic E-state index is 12.6. The molecule has 0 radical (unpaired) electrons. The van der Waals surface area contributed by atoms with Crippen molar-refractivity contribution in [3.63, 3.8) is 0 Å². The maximum absolute atomic E-state index is 12.6. The molecule has 2 saturated heterocycles. The maximum Gasteiger partial charge on any atom is 0.393 e. The summed E-state index contributed by atoms with van der Waals surface area (Å²) in [6, 6.07) is 0. The first-order valence-corrected chi connectivity index (χ1v) is 6.57. The molecule has 106 valence electrons. The van der Waals surface area contributed by atoms with Crippen molar-refractivity contribution in [2.45, 2.75) is 12.6 Å². The zero-order valence-electron chi connectivity index (χ0n) is 10.5. The molecular formula is C12H17F3N4. The number of hydrogen-bond donors (Lipinski definition) is 2. The fourth-order valence-corrected chi connectivity index (χ4v) is 2.63. The number of likely N-dealkylation sites (tertiary alicyclic amines) is 1. The van der Waals surface area contributed by atoms with Crippen LogP contribution in [0.25, 0.3) is 0 Å². The van der Waals surface area contributed by atoms with Gasteiger partial charge in [-0.15, -0.1) is 0 Å². The number of halogens is 3. The summed E-state index contributed by atoms with van der Waals surface area (Å²) >= 11 is 0. The fourth-order valence-electron chi connectivity index (χ4n) is 2.63. The Balaban J connectivity index is 1.62. The van der Waals surface area contributed by atoms with Crippen LogP contribution in [0.5, 0.6) is 0 Å². The molecule has 3 aliphatic rings. The minimum absolute atomic E-state index is 0.0174. The topological polar surface area (TPSA) is 39.7 Å². The SMILES string of the molecule is FC(F)(F)[C@@H]1CCN(C2=NC=C(C3CNC3)CN2)C1. The smallest absolute Gasteiger partial charge is 0.352 e. The predicted molar refractivity (Wildman–Crippen MR) is 65.6 cm³/mol. The third-order valence-corrected chi connectivity index (χ3v) is 4.06. The van der Waals surface area contributed by atoms with Gasteiger partial charge in [-0.25, -0.2) is 4.99 Å². The van der Waals surface area contributed by atoms with E-state index in [4.69, 9.17) is 0 Å². The summed E-state index contributed by atoms with van der Waals surface area (Å²) < 4.78 is 37.9. The third-order valence-electron chi connectivity index (χ3n) is 4.06. The molecule has 2 fully saturated rings. The highest BCUT2D eigenvalue weighted by Gasteiger charge is 2.44. The van der Waals surface area contributed by atoms with Crippen LogP contribution in [-0.2, 0) is 0 Å². The van der Waals surface area contributed by atoms with Crippen LogP contribution in [0.4, 0.5) is 13.2 Å². The van der Waals surface area contributed by atoms with Crippen LogP contribution >= 0.6 is 0 Å². The predicted octanol–water partition coefficient (Wildman–Crippen LogP) is 0.933. The number of nitrogens with zero attached hydrogens (tertiary/aromatic N) is 2. The van der Waals surface area contributed by atoms with Crippen molar-refractivity contribution in [2.75, 3.05) is 32.7 Å². The highest BCUT2D eigenvalue weighted by atomic mass is 19.4. The van der Waals surface area contributed by atoms with Crippen LogP contribution in [0, 0.1) is 11.8 Å². The third kappa shape index (κ3) is 2.56. The molecule has 0 amide bonds. The number of rotatable bonds is 1. The van der Waals surface area contributed by atoms with Gasteiger partial charge >= 0.3 is 6.18 Å². The molecule has 1 atom stereocenters. The molecule has 2 N–H and O–H groups in total. The second kappa shape index (κ2) is 4.70. The molecule has 0 aromatic rings. The lowest BCUT2D eigenvalue weighted by atomic mass is 9.94. The van der Waals surface area contributed by atoms with Gasteiger partial charge in [0.05, 0.1) is 5.92 Å². The van der Waals surface area contributed by atoms with Gasteiger partial charge in [-0.3, -0.25) is 0 Å². The van der Waals surface area contributed by atoms with Gasteiger partial charge in [0.15, 0.2) is 5.96 Å². The van der Waals surface area contributed by atoms with E-state index in [0.717, 1.165) is 13.1 Å². The van der Waals surface area contributed by atoms with Gasteiger partial charge < -0.3 is 15.5 Å². The molecule has 0 aromatic heterocycles. The minimum Gasteiger partial charge on any atom is -0.352 e. The largest absolute Gasteiger partial charge is 0.393 e. The molecule has 3 heterocycles. The second-order valence-corrected chi connectivity index (χ2v) is 5.34. The molecule has 0 aromatic carbocycles. The van der Waals surface area contributed by atoms with Crippen LogP contribution in [0.15, 0.2) is 16.8 Å². The van der Waals surface area contributed by atoms with Crippen molar-refractivity contribution in [1.29, 1.82) is 0 Å². The Hall–Kier alpha value is -1.24. The lowest BCUT2D eigenvalue weighted by Crippen LogP contribution is -2.48. The van der Waals surface area contributed by atoms with E-state index in [1.165, 1.54) is 5.57 Å². The van der Waals surface area contributed by atoms with Crippen LogP contribution < -0.4 is 10.6 Å². The molecule has 19 heavy (non-hydrogen) atoms. The summed E-state index contributed by atoms with van der Waals surface area (Å²) in [5, 5.41) is 6.34. The average molecular weight is 274 g/mol. The molecule has 0 spiro atoms. The van der Waals surface area contributed by atoms with Crippen molar-refractivity contribution in [3.05, 3.63) is 11.8 Å². The highest BCUT2D eigenvalue weighted by molar-refractivity contribution is 5.82. The Bertz CT molecular complexity index is 412. The lowest BCUT2D eigenvalue weighted by Gasteiger charge is -2.32. The van der Waals surface area contributed by atoms with E-state index in [9.17, 15) is 13.2 Å². The van der Waals surface area contributed by atoms with Crippen LogP contribution in [0.2, 0.25) is 0 Å². The monoisotopic (exact) mass is 274 g/mol. The quantitative estimate of drug-likeness (QED) is 0.747.